The van der Waals surface area contributed by atoms with Gasteiger partial charge in [-0.15, -0.1) is 0 Å². The number of rotatable bonds is 2. The summed E-state index contributed by atoms with van der Waals surface area (Å²) in [6.45, 7) is 8.83. The average molecular weight is 361 g/mol. The summed E-state index contributed by atoms with van der Waals surface area (Å²) in [6, 6.07) is 0. The van der Waals surface area contributed by atoms with Crippen molar-refractivity contribution in [1.29, 1.82) is 0 Å². The fraction of sp³-hybridized carbons (Fsp3) is 0.870. The highest BCUT2D eigenvalue weighted by Crippen LogP contribution is 2.68. The molecule has 3 nitrogen and oxygen atoms in total. The van der Waals surface area contributed by atoms with Gasteiger partial charge in [-0.1, -0.05) is 27.2 Å². The number of hydrogen-bond acceptors (Lipinski definition) is 3. The Morgan fingerprint density at radius 1 is 1.12 bits per heavy atom. The van der Waals surface area contributed by atoms with E-state index in [-0.39, 0.29) is 11.4 Å². The molecule has 4 rings (SSSR count). The maximum Gasteiger partial charge on any atom is 0.307 e. The van der Waals surface area contributed by atoms with Crippen LogP contribution < -0.4 is 0 Å². The van der Waals surface area contributed by atoms with Gasteiger partial charge in [0.15, 0.2) is 0 Å². The molecule has 0 aromatic rings. The minimum atomic E-state index is -0.307. The quantitative estimate of drug-likeness (QED) is 0.614. The first kappa shape index (κ1) is 18.4. The van der Waals surface area contributed by atoms with Gasteiger partial charge in [0.1, 0.15) is 11.5 Å². The summed E-state index contributed by atoms with van der Waals surface area (Å²) in [4.78, 5) is 11.5. The van der Waals surface area contributed by atoms with Crippen molar-refractivity contribution in [2.75, 3.05) is 0 Å². The molecule has 7 atom stereocenters. The van der Waals surface area contributed by atoms with Crippen molar-refractivity contribution in [3.8, 4) is 0 Å². The largest absolute Gasteiger partial charge is 0.509 e. The zero-order valence-corrected chi connectivity index (χ0v) is 17.0. The van der Waals surface area contributed by atoms with E-state index in [1.165, 1.54) is 51.9 Å². The van der Waals surface area contributed by atoms with Crippen molar-refractivity contribution in [3.05, 3.63) is 11.5 Å². The van der Waals surface area contributed by atoms with Crippen LogP contribution in [0.3, 0.4) is 0 Å². The number of aliphatic hydroxyl groups is 1. The Hall–Kier alpha value is -0.990. The third kappa shape index (κ3) is 2.56. The topological polar surface area (TPSA) is 46.5 Å². The maximum absolute atomic E-state index is 11.5. The molecule has 3 heteroatoms. The van der Waals surface area contributed by atoms with Crippen LogP contribution in [0.25, 0.3) is 0 Å². The van der Waals surface area contributed by atoms with Crippen molar-refractivity contribution < 1.29 is 14.6 Å². The summed E-state index contributed by atoms with van der Waals surface area (Å²) in [5.41, 5.74) is 0.718. The second-order valence-electron chi connectivity index (χ2n) is 10.2. The molecule has 0 bridgehead atoms. The monoisotopic (exact) mass is 360 g/mol. The normalized spacial score (nSPS) is 47.8. The first-order chi connectivity index (χ1) is 12.3. The molecule has 0 amide bonds. The van der Waals surface area contributed by atoms with Gasteiger partial charge in [0.2, 0.25) is 0 Å². The van der Waals surface area contributed by atoms with Gasteiger partial charge in [-0.25, -0.2) is 0 Å². The van der Waals surface area contributed by atoms with Crippen molar-refractivity contribution in [2.24, 2.45) is 40.4 Å². The number of hydrogen-bond donors (Lipinski definition) is 1. The van der Waals surface area contributed by atoms with Crippen LogP contribution >= 0.6 is 0 Å². The molecule has 4 aliphatic carbocycles. The van der Waals surface area contributed by atoms with E-state index in [1.807, 2.05) is 0 Å². The molecular weight excluding hydrogens is 324 g/mol. The van der Waals surface area contributed by atoms with E-state index >= 15 is 0 Å². The Balaban J connectivity index is 1.62. The lowest BCUT2D eigenvalue weighted by molar-refractivity contribution is -0.141. The number of ether oxygens (including phenoxy) is 1. The van der Waals surface area contributed by atoms with Crippen molar-refractivity contribution in [3.63, 3.8) is 0 Å². The number of esters is 1. The Labute approximate surface area is 158 Å². The van der Waals surface area contributed by atoms with Crippen LogP contribution in [-0.2, 0) is 9.53 Å². The molecule has 1 N–H and O–H groups in total. The third-order valence-electron chi connectivity index (χ3n) is 9.32. The van der Waals surface area contributed by atoms with E-state index in [9.17, 15) is 9.90 Å². The number of allylic oxidation sites excluding steroid dienone is 2. The minimum Gasteiger partial charge on any atom is -0.509 e. The molecule has 1 unspecified atom stereocenters. The predicted molar refractivity (Wildman–Crippen MR) is 102 cm³/mol. The van der Waals surface area contributed by atoms with E-state index in [1.54, 1.807) is 0 Å². The molecule has 0 radical (unpaired) electrons. The van der Waals surface area contributed by atoms with Crippen LogP contribution in [0.5, 0.6) is 0 Å². The van der Waals surface area contributed by atoms with Crippen LogP contribution in [0.2, 0.25) is 0 Å². The summed E-state index contributed by atoms with van der Waals surface area (Å²) >= 11 is 0. The molecule has 0 heterocycles. The second kappa shape index (κ2) is 6.27. The van der Waals surface area contributed by atoms with Crippen molar-refractivity contribution in [2.45, 2.75) is 85.5 Å². The average Bonchev–Trinajstić information content (AvgIpc) is 2.92. The minimum absolute atomic E-state index is 0.172. The van der Waals surface area contributed by atoms with E-state index in [4.69, 9.17) is 4.74 Å². The molecule has 146 valence electrons. The van der Waals surface area contributed by atoms with Crippen LogP contribution in [0.1, 0.15) is 85.5 Å². The molecule has 0 aromatic heterocycles. The van der Waals surface area contributed by atoms with Gasteiger partial charge in [-0.2, -0.15) is 0 Å². The Morgan fingerprint density at radius 2 is 1.85 bits per heavy atom. The van der Waals surface area contributed by atoms with Gasteiger partial charge >= 0.3 is 5.97 Å². The van der Waals surface area contributed by atoms with E-state index < -0.39 is 0 Å². The Kier molecular flexibility index (Phi) is 4.44. The summed E-state index contributed by atoms with van der Waals surface area (Å²) in [5, 5.41) is 10.4. The predicted octanol–water partition coefficient (Wildman–Crippen LogP) is 6.00. The van der Waals surface area contributed by atoms with Crippen molar-refractivity contribution in [1.82, 2.24) is 0 Å². The fourth-order valence-corrected chi connectivity index (χ4v) is 7.99. The number of fused-ring (bicyclic) bond motifs is 5. The van der Waals surface area contributed by atoms with Gasteiger partial charge in [0.25, 0.3) is 0 Å². The third-order valence-corrected chi connectivity index (χ3v) is 9.32. The molecule has 3 saturated carbocycles. The number of carbonyl (C=O) groups is 1. The first-order valence-corrected chi connectivity index (χ1v) is 10.9. The molecule has 0 spiro atoms. The maximum atomic E-state index is 11.5. The van der Waals surface area contributed by atoms with E-state index in [2.05, 4.69) is 20.8 Å². The first-order valence-electron chi connectivity index (χ1n) is 10.9. The lowest BCUT2D eigenvalue weighted by atomic mass is 9.45. The molecule has 0 aliphatic heterocycles. The van der Waals surface area contributed by atoms with Gasteiger partial charge in [-0.3, -0.25) is 4.79 Å². The molecule has 3 fully saturated rings. The highest BCUT2D eigenvalue weighted by atomic mass is 16.5. The lowest BCUT2D eigenvalue weighted by Gasteiger charge is -2.60. The van der Waals surface area contributed by atoms with Crippen LogP contribution in [0.15, 0.2) is 11.5 Å². The van der Waals surface area contributed by atoms with Crippen molar-refractivity contribution >= 4 is 5.97 Å². The molecule has 0 aromatic carbocycles. The molecular formula is C23H36O3. The zero-order valence-electron chi connectivity index (χ0n) is 17.0. The van der Waals surface area contributed by atoms with Gasteiger partial charge < -0.3 is 9.84 Å². The zero-order chi connectivity index (χ0) is 18.7. The Morgan fingerprint density at radius 3 is 2.54 bits per heavy atom. The summed E-state index contributed by atoms with van der Waals surface area (Å²) < 4.78 is 5.43. The van der Waals surface area contributed by atoms with Crippen LogP contribution in [-0.4, -0.2) is 11.1 Å². The second-order valence-corrected chi connectivity index (χ2v) is 10.2. The molecule has 0 saturated heterocycles. The summed E-state index contributed by atoms with van der Waals surface area (Å²) in [6.07, 6.45) is 10.8. The van der Waals surface area contributed by atoms with Gasteiger partial charge in [-0.05, 0) is 78.9 Å². The number of aliphatic hydroxyl groups excluding tert-OH is 1. The standard InChI is InChI=1S/C23H36O3/c1-5-15-7-9-18-17-8-6-16-12-20(25)21(26-14(2)24)13-23(16,4)19(17)10-11-22(15,18)3/h15-19,25H,5-13H2,1-4H3/t15-,16?,17-,18-,19-,22+,23-/m0/s1. The molecule has 26 heavy (non-hydrogen) atoms. The van der Waals surface area contributed by atoms with Gasteiger partial charge in [0.05, 0.1) is 0 Å². The molecule has 4 aliphatic rings. The van der Waals surface area contributed by atoms with E-state index in [0.29, 0.717) is 35.2 Å². The van der Waals surface area contributed by atoms with Crippen LogP contribution in [0.4, 0.5) is 0 Å². The SMILES string of the molecule is CC[C@H]1CC[C@H]2[C@@H]3CCC4CC(O)=C(OC(C)=O)C[C@]4(C)[C@H]3CC[C@]12C. The Bertz CT molecular complexity index is 623. The van der Waals surface area contributed by atoms with Gasteiger partial charge in [0, 0.05) is 19.8 Å². The summed E-state index contributed by atoms with van der Waals surface area (Å²) in [5.74, 6) is 4.44. The van der Waals surface area contributed by atoms with E-state index in [0.717, 1.165) is 24.2 Å². The lowest BCUT2D eigenvalue weighted by Crippen LogP contribution is -2.53. The highest BCUT2D eigenvalue weighted by molar-refractivity contribution is 5.67. The smallest absolute Gasteiger partial charge is 0.307 e. The summed E-state index contributed by atoms with van der Waals surface area (Å²) in [7, 11) is 0. The fourth-order valence-electron chi connectivity index (χ4n) is 7.99. The number of carbonyl (C=O) groups excluding carboxylic acids is 1. The van der Waals surface area contributed by atoms with Crippen LogP contribution in [0, 0.1) is 40.4 Å². The highest BCUT2D eigenvalue weighted by Gasteiger charge is 2.60.